The molecule has 0 unspecified atom stereocenters. The van der Waals surface area contributed by atoms with E-state index < -0.39 is 10.0 Å². The summed E-state index contributed by atoms with van der Waals surface area (Å²) in [4.78, 5) is 2.79. The molecule has 3 aliphatic rings. The van der Waals surface area contributed by atoms with Gasteiger partial charge in [0.1, 0.15) is 11.5 Å². The van der Waals surface area contributed by atoms with E-state index in [1.165, 1.54) is 11.1 Å². The van der Waals surface area contributed by atoms with Gasteiger partial charge in [0.25, 0.3) is 10.0 Å². The summed E-state index contributed by atoms with van der Waals surface area (Å²) in [6.45, 7) is 4.23. The zero-order chi connectivity index (χ0) is 24.1. The van der Waals surface area contributed by atoms with Gasteiger partial charge in [-0.05, 0) is 87.0 Å². The van der Waals surface area contributed by atoms with Gasteiger partial charge >= 0.3 is 0 Å². The zero-order valence-corrected chi connectivity index (χ0v) is 21.2. The predicted octanol–water partition coefficient (Wildman–Crippen LogP) is 5.20. The molecule has 0 amide bonds. The average Bonchev–Trinajstić information content (AvgIpc) is 3.18. The molecule has 1 N–H and O–H groups in total. The highest BCUT2D eigenvalue weighted by molar-refractivity contribution is 7.89. The van der Waals surface area contributed by atoms with Crippen molar-refractivity contribution in [1.29, 1.82) is 0 Å². The van der Waals surface area contributed by atoms with Crippen molar-refractivity contribution in [2.24, 2.45) is 22.4 Å². The Bertz CT molecular complexity index is 1200. The first-order chi connectivity index (χ1) is 16.3. The predicted molar refractivity (Wildman–Crippen MR) is 133 cm³/mol. The lowest BCUT2D eigenvalue weighted by molar-refractivity contribution is 0.0940. The van der Waals surface area contributed by atoms with E-state index in [9.17, 15) is 8.42 Å². The van der Waals surface area contributed by atoms with Crippen molar-refractivity contribution in [2.75, 3.05) is 14.2 Å². The highest BCUT2D eigenvalue weighted by atomic mass is 32.2. The zero-order valence-electron chi connectivity index (χ0n) is 20.4. The lowest BCUT2D eigenvalue weighted by Crippen LogP contribution is -2.43. The molecule has 3 aliphatic carbocycles. The number of aryl methyl sites for hydroxylation is 2. The smallest absolute Gasteiger partial charge is 0.276 e. The molecule has 2 saturated carbocycles. The van der Waals surface area contributed by atoms with Crippen LogP contribution in [0, 0.1) is 24.2 Å². The van der Waals surface area contributed by atoms with E-state index in [0.29, 0.717) is 17.8 Å². The van der Waals surface area contributed by atoms with Gasteiger partial charge in [0.2, 0.25) is 0 Å². The normalized spacial score (nSPS) is 29.2. The fourth-order valence-electron chi connectivity index (χ4n) is 6.80. The Morgan fingerprint density at radius 1 is 1.03 bits per heavy atom. The third-order valence-corrected chi connectivity index (χ3v) is 9.81. The molecule has 7 heteroatoms. The second-order valence-corrected chi connectivity index (χ2v) is 11.9. The van der Waals surface area contributed by atoms with Crippen LogP contribution < -0.4 is 14.3 Å². The standard InChI is InChI=1S/C27H34N2O4S/c1-17-5-8-20(9-6-17)34(30,31)29-28-25-12-11-23-21-10-7-18-15-19(32-3)16-24(33-4)26(18)22(21)13-14-27(23,25)2/h5-6,8-9,15-16,21-23,29H,7,10-14H2,1-4H3/t21-,22-,23-,27-/m0/s1. The molecule has 5 rings (SSSR count). The van der Waals surface area contributed by atoms with E-state index in [2.05, 4.69) is 22.9 Å². The minimum absolute atomic E-state index is 0.0752. The van der Waals surface area contributed by atoms with Gasteiger partial charge in [-0.3, -0.25) is 0 Å². The van der Waals surface area contributed by atoms with Crippen LogP contribution in [0.15, 0.2) is 46.4 Å². The van der Waals surface area contributed by atoms with Crippen molar-refractivity contribution < 1.29 is 17.9 Å². The largest absolute Gasteiger partial charge is 0.497 e. The quantitative estimate of drug-likeness (QED) is 0.594. The Kier molecular flexibility index (Phi) is 5.87. The molecule has 0 aliphatic heterocycles. The van der Waals surface area contributed by atoms with Crippen molar-refractivity contribution in [3.63, 3.8) is 0 Å². The van der Waals surface area contributed by atoms with Crippen LogP contribution in [0.5, 0.6) is 11.5 Å². The van der Waals surface area contributed by atoms with Crippen LogP contribution in [0.25, 0.3) is 0 Å². The maximum atomic E-state index is 12.8. The molecule has 2 aromatic rings. The van der Waals surface area contributed by atoms with E-state index in [1.807, 2.05) is 13.0 Å². The molecule has 2 aromatic carbocycles. The number of hydrogen-bond donors (Lipinski definition) is 1. The fourth-order valence-corrected chi connectivity index (χ4v) is 7.63. The summed E-state index contributed by atoms with van der Waals surface area (Å²) >= 11 is 0. The molecule has 4 atom stereocenters. The van der Waals surface area contributed by atoms with E-state index >= 15 is 0 Å². The summed E-state index contributed by atoms with van der Waals surface area (Å²) in [5.74, 6) is 3.30. The van der Waals surface area contributed by atoms with Gasteiger partial charge in [0, 0.05) is 22.8 Å². The second kappa shape index (κ2) is 8.59. The van der Waals surface area contributed by atoms with E-state index in [4.69, 9.17) is 9.47 Å². The Labute approximate surface area is 202 Å². The van der Waals surface area contributed by atoms with Crippen LogP contribution >= 0.6 is 0 Å². The van der Waals surface area contributed by atoms with Gasteiger partial charge in [0.05, 0.1) is 19.1 Å². The number of fused-ring (bicyclic) bond motifs is 5. The molecule has 2 fully saturated rings. The topological polar surface area (TPSA) is 77.0 Å². The summed E-state index contributed by atoms with van der Waals surface area (Å²) in [5.41, 5.74) is 4.65. The number of hydrazone groups is 1. The summed E-state index contributed by atoms with van der Waals surface area (Å²) in [6.07, 6.45) is 6.10. The highest BCUT2D eigenvalue weighted by Gasteiger charge is 2.54. The van der Waals surface area contributed by atoms with Crippen LogP contribution in [-0.4, -0.2) is 28.3 Å². The molecule has 0 heterocycles. The summed E-state index contributed by atoms with van der Waals surface area (Å²) < 4.78 is 36.9. The summed E-state index contributed by atoms with van der Waals surface area (Å²) in [6, 6.07) is 11.1. The molecule has 0 saturated heterocycles. The molecule has 34 heavy (non-hydrogen) atoms. The molecule has 182 valence electrons. The molecule has 0 bridgehead atoms. The number of methoxy groups -OCH3 is 2. The van der Waals surface area contributed by atoms with Gasteiger partial charge in [-0.2, -0.15) is 13.5 Å². The number of rotatable bonds is 5. The van der Waals surface area contributed by atoms with Crippen LogP contribution in [-0.2, 0) is 16.4 Å². The number of hydrogen-bond acceptors (Lipinski definition) is 5. The monoisotopic (exact) mass is 482 g/mol. The SMILES string of the molecule is COc1cc2c(c(OC)c1)[C@H]1CC[C@]3(C)C(=NNS(=O)(=O)c4ccc(C)cc4)CC[C@H]3[C@H]1CC2. The van der Waals surface area contributed by atoms with Gasteiger partial charge in [0.15, 0.2) is 0 Å². The van der Waals surface area contributed by atoms with Crippen LogP contribution in [0.1, 0.15) is 61.6 Å². The average molecular weight is 483 g/mol. The van der Waals surface area contributed by atoms with Crippen LogP contribution in [0.2, 0.25) is 0 Å². The molecular formula is C27H34N2O4S. The first-order valence-corrected chi connectivity index (χ1v) is 13.7. The molecule has 0 spiro atoms. The fraction of sp³-hybridized carbons (Fsp3) is 0.519. The first kappa shape index (κ1) is 23.2. The molecule has 6 nitrogen and oxygen atoms in total. The Morgan fingerprint density at radius 3 is 2.50 bits per heavy atom. The number of ether oxygens (including phenoxy) is 2. The summed E-state index contributed by atoms with van der Waals surface area (Å²) in [7, 11) is -0.232. The van der Waals surface area contributed by atoms with Crippen LogP contribution in [0.4, 0.5) is 0 Å². The number of nitrogens with zero attached hydrogens (tertiary/aromatic N) is 1. The van der Waals surface area contributed by atoms with Crippen molar-refractivity contribution in [3.8, 4) is 11.5 Å². The van der Waals surface area contributed by atoms with Crippen LogP contribution in [0.3, 0.4) is 0 Å². The maximum Gasteiger partial charge on any atom is 0.276 e. The molecule has 0 aromatic heterocycles. The van der Waals surface area contributed by atoms with Crippen molar-refractivity contribution in [1.82, 2.24) is 4.83 Å². The van der Waals surface area contributed by atoms with Crippen molar-refractivity contribution in [3.05, 3.63) is 53.1 Å². The third-order valence-electron chi connectivity index (χ3n) is 8.58. The van der Waals surface area contributed by atoms with E-state index in [1.54, 1.807) is 38.5 Å². The Hall–Kier alpha value is -2.54. The maximum absolute atomic E-state index is 12.8. The van der Waals surface area contributed by atoms with Gasteiger partial charge in [-0.25, -0.2) is 4.83 Å². The highest BCUT2D eigenvalue weighted by Crippen LogP contribution is 2.61. The lowest BCUT2D eigenvalue weighted by atomic mass is 9.55. The number of sulfonamides is 1. The Balaban J connectivity index is 1.40. The minimum atomic E-state index is -3.67. The van der Waals surface area contributed by atoms with E-state index in [-0.39, 0.29) is 10.3 Å². The number of benzene rings is 2. The summed E-state index contributed by atoms with van der Waals surface area (Å²) in [5, 5.41) is 4.53. The van der Waals surface area contributed by atoms with Gasteiger partial charge < -0.3 is 9.47 Å². The van der Waals surface area contributed by atoms with E-state index in [0.717, 1.165) is 61.3 Å². The third kappa shape index (κ3) is 3.78. The van der Waals surface area contributed by atoms with Crippen molar-refractivity contribution in [2.45, 2.75) is 63.2 Å². The van der Waals surface area contributed by atoms with Crippen molar-refractivity contribution >= 4 is 15.7 Å². The number of nitrogens with one attached hydrogen (secondary N) is 1. The lowest BCUT2D eigenvalue weighted by Gasteiger charge is -2.49. The second-order valence-electron chi connectivity index (χ2n) is 10.3. The minimum Gasteiger partial charge on any atom is -0.497 e. The Morgan fingerprint density at radius 2 is 1.79 bits per heavy atom. The molecular weight excluding hydrogens is 448 g/mol. The first-order valence-electron chi connectivity index (χ1n) is 12.2. The van der Waals surface area contributed by atoms with Gasteiger partial charge in [-0.15, -0.1) is 0 Å². The van der Waals surface area contributed by atoms with Gasteiger partial charge in [-0.1, -0.05) is 24.6 Å². The molecule has 0 radical (unpaired) electrons.